The molecule has 0 aromatic heterocycles. The standard InChI is InChI=1S/C20H15Cl3FO4P/c21-16-10-18(23)17(22)9-14(16)8-13-2-1-3-15(19(13)24)11-4-6-12(7-5-11)20(25)29(26,27)28/h1-7,9-10,20,25H,8H2,(H2,26,27,28)/t20-/m1/s1. The Morgan fingerprint density at radius 1 is 0.897 bits per heavy atom. The first-order valence-electron chi connectivity index (χ1n) is 8.32. The van der Waals surface area contributed by atoms with Gasteiger partial charge in [-0.3, -0.25) is 4.57 Å². The van der Waals surface area contributed by atoms with Crippen LogP contribution in [0.15, 0.2) is 54.6 Å². The molecule has 0 saturated heterocycles. The molecule has 0 aliphatic carbocycles. The van der Waals surface area contributed by atoms with Crippen molar-refractivity contribution < 1.29 is 23.8 Å². The number of hydrogen-bond acceptors (Lipinski definition) is 2. The molecule has 0 fully saturated rings. The van der Waals surface area contributed by atoms with Crippen molar-refractivity contribution in [2.24, 2.45) is 0 Å². The molecule has 0 bridgehead atoms. The van der Waals surface area contributed by atoms with Gasteiger partial charge >= 0.3 is 7.60 Å². The monoisotopic (exact) mass is 474 g/mol. The molecule has 1 atom stereocenters. The molecule has 0 aliphatic heterocycles. The summed E-state index contributed by atoms with van der Waals surface area (Å²) >= 11 is 18.2. The average molecular weight is 476 g/mol. The molecule has 0 amide bonds. The highest BCUT2D eigenvalue weighted by atomic mass is 35.5. The summed E-state index contributed by atoms with van der Waals surface area (Å²) < 4.78 is 26.3. The molecule has 29 heavy (non-hydrogen) atoms. The number of aliphatic hydroxyl groups excluding tert-OH is 1. The fourth-order valence-corrected chi connectivity index (χ4v) is 4.07. The largest absolute Gasteiger partial charge is 0.376 e. The van der Waals surface area contributed by atoms with Gasteiger partial charge in [-0.25, -0.2) is 4.39 Å². The lowest BCUT2D eigenvalue weighted by molar-refractivity contribution is 0.205. The Morgan fingerprint density at radius 2 is 1.52 bits per heavy atom. The van der Waals surface area contributed by atoms with Crippen LogP contribution in [0.25, 0.3) is 11.1 Å². The Hall–Kier alpha value is -1.43. The summed E-state index contributed by atoms with van der Waals surface area (Å²) in [4.78, 5) is 18.2. The molecule has 9 heteroatoms. The third-order valence-electron chi connectivity index (χ3n) is 4.39. The van der Waals surface area contributed by atoms with Crippen LogP contribution in [0, 0.1) is 5.82 Å². The van der Waals surface area contributed by atoms with Gasteiger partial charge in [0, 0.05) is 17.0 Å². The molecular weight excluding hydrogens is 461 g/mol. The molecule has 0 aliphatic rings. The van der Waals surface area contributed by atoms with Crippen molar-refractivity contribution in [2.75, 3.05) is 0 Å². The number of hydrogen-bond donors (Lipinski definition) is 3. The molecule has 0 unspecified atom stereocenters. The van der Waals surface area contributed by atoms with Gasteiger partial charge in [-0.15, -0.1) is 0 Å². The fourth-order valence-electron chi connectivity index (χ4n) is 2.87. The summed E-state index contributed by atoms with van der Waals surface area (Å²) in [7, 11) is -4.69. The average Bonchev–Trinajstić information content (AvgIpc) is 2.66. The van der Waals surface area contributed by atoms with Crippen molar-refractivity contribution in [1.82, 2.24) is 0 Å². The van der Waals surface area contributed by atoms with Gasteiger partial charge in [0.05, 0.1) is 10.0 Å². The number of aliphatic hydroxyl groups is 1. The summed E-state index contributed by atoms with van der Waals surface area (Å²) in [5.74, 6) is -2.39. The normalized spacial score (nSPS) is 12.8. The summed E-state index contributed by atoms with van der Waals surface area (Å²) in [6.07, 6.45) is 0.199. The van der Waals surface area contributed by atoms with Gasteiger partial charge in [0.25, 0.3) is 0 Å². The second-order valence-electron chi connectivity index (χ2n) is 6.40. The van der Waals surface area contributed by atoms with Crippen LogP contribution in [0.5, 0.6) is 0 Å². The van der Waals surface area contributed by atoms with Crippen molar-refractivity contribution in [3.63, 3.8) is 0 Å². The van der Waals surface area contributed by atoms with Gasteiger partial charge in [-0.1, -0.05) is 77.3 Å². The molecule has 3 aromatic carbocycles. The zero-order valence-electron chi connectivity index (χ0n) is 14.7. The van der Waals surface area contributed by atoms with Crippen molar-refractivity contribution in [2.45, 2.75) is 12.3 Å². The maximum Gasteiger partial charge on any atom is 0.358 e. The zero-order valence-corrected chi connectivity index (χ0v) is 17.9. The lowest BCUT2D eigenvalue weighted by atomic mass is 9.97. The van der Waals surface area contributed by atoms with Crippen LogP contribution in [0.1, 0.15) is 22.5 Å². The van der Waals surface area contributed by atoms with Crippen molar-refractivity contribution in [1.29, 1.82) is 0 Å². The molecule has 3 rings (SSSR count). The molecule has 0 heterocycles. The number of halogens is 4. The highest BCUT2D eigenvalue weighted by Crippen LogP contribution is 2.49. The molecule has 3 aromatic rings. The lowest BCUT2D eigenvalue weighted by Gasteiger charge is -2.14. The van der Waals surface area contributed by atoms with Gasteiger partial charge in [0.2, 0.25) is 0 Å². The Kier molecular flexibility index (Phi) is 6.71. The molecule has 0 radical (unpaired) electrons. The smallest absolute Gasteiger partial charge is 0.358 e. The molecule has 0 spiro atoms. The first-order valence-corrected chi connectivity index (χ1v) is 11.1. The Labute approximate surface area is 181 Å². The summed E-state index contributed by atoms with van der Waals surface area (Å²) in [5, 5.41) is 10.7. The van der Waals surface area contributed by atoms with Crippen molar-refractivity contribution in [3.05, 3.63) is 92.2 Å². The highest BCUT2D eigenvalue weighted by molar-refractivity contribution is 7.51. The van der Waals surface area contributed by atoms with Crippen LogP contribution >= 0.6 is 42.4 Å². The summed E-state index contributed by atoms with van der Waals surface area (Å²) in [6, 6.07) is 13.7. The van der Waals surface area contributed by atoms with Crippen LogP contribution < -0.4 is 0 Å². The minimum absolute atomic E-state index is 0.0428. The van der Waals surface area contributed by atoms with Crippen molar-refractivity contribution in [3.8, 4) is 11.1 Å². The van der Waals surface area contributed by atoms with E-state index in [9.17, 15) is 9.67 Å². The van der Waals surface area contributed by atoms with Gasteiger partial charge < -0.3 is 14.9 Å². The fraction of sp³-hybridized carbons (Fsp3) is 0.100. The zero-order chi connectivity index (χ0) is 21.3. The SMILES string of the molecule is O=P(O)(O)[C@@H](O)c1ccc(-c2cccc(Cc3cc(Cl)c(Cl)cc3Cl)c2F)cc1. The van der Waals surface area contributed by atoms with E-state index in [0.717, 1.165) is 0 Å². The van der Waals surface area contributed by atoms with Crippen LogP contribution in [0.3, 0.4) is 0 Å². The predicted molar refractivity (Wildman–Crippen MR) is 113 cm³/mol. The summed E-state index contributed by atoms with van der Waals surface area (Å²) in [6.45, 7) is 0. The Balaban J connectivity index is 1.93. The number of rotatable bonds is 5. The number of benzene rings is 3. The molecule has 4 nitrogen and oxygen atoms in total. The molecule has 152 valence electrons. The Bertz CT molecular complexity index is 1100. The van der Waals surface area contributed by atoms with Crippen LogP contribution in [0.2, 0.25) is 15.1 Å². The van der Waals surface area contributed by atoms with E-state index in [1.165, 1.54) is 30.3 Å². The maximum atomic E-state index is 15.1. The molecular formula is C20H15Cl3FO4P. The highest BCUT2D eigenvalue weighted by Gasteiger charge is 2.27. The minimum atomic E-state index is -4.69. The van der Waals surface area contributed by atoms with E-state index in [1.807, 2.05) is 0 Å². The van der Waals surface area contributed by atoms with E-state index in [1.54, 1.807) is 24.3 Å². The quantitative estimate of drug-likeness (QED) is 0.303. The Morgan fingerprint density at radius 3 is 2.14 bits per heavy atom. The van der Waals surface area contributed by atoms with E-state index >= 15 is 4.39 Å². The first kappa shape index (κ1) is 22.3. The van der Waals surface area contributed by atoms with Gasteiger partial charge in [-0.05, 0) is 34.4 Å². The van der Waals surface area contributed by atoms with E-state index in [2.05, 4.69) is 0 Å². The van der Waals surface area contributed by atoms with Crippen LogP contribution in [-0.4, -0.2) is 14.9 Å². The maximum absolute atomic E-state index is 15.1. The van der Waals surface area contributed by atoms with E-state index < -0.39 is 19.3 Å². The lowest BCUT2D eigenvalue weighted by Crippen LogP contribution is -1.99. The van der Waals surface area contributed by atoms with E-state index in [-0.39, 0.29) is 12.0 Å². The second kappa shape index (κ2) is 8.75. The topological polar surface area (TPSA) is 77.8 Å². The van der Waals surface area contributed by atoms with E-state index in [0.29, 0.717) is 37.3 Å². The predicted octanol–water partition coefficient (Wildman–Crippen LogP) is 6.21. The third-order valence-corrected chi connectivity index (χ3v) is 6.40. The van der Waals surface area contributed by atoms with Gasteiger partial charge in [0.1, 0.15) is 5.82 Å². The van der Waals surface area contributed by atoms with Crippen LogP contribution in [0.4, 0.5) is 4.39 Å². The van der Waals surface area contributed by atoms with Crippen LogP contribution in [-0.2, 0) is 11.0 Å². The molecule has 0 saturated carbocycles. The first-order chi connectivity index (χ1) is 13.6. The summed E-state index contributed by atoms with van der Waals surface area (Å²) in [5.41, 5.74) is 1.85. The van der Waals surface area contributed by atoms with Gasteiger partial charge in [-0.2, -0.15) is 0 Å². The second-order valence-corrected chi connectivity index (χ2v) is 9.29. The molecule has 3 N–H and O–H groups in total. The minimum Gasteiger partial charge on any atom is -0.376 e. The third kappa shape index (κ3) is 5.01. The van der Waals surface area contributed by atoms with E-state index in [4.69, 9.17) is 44.6 Å². The van der Waals surface area contributed by atoms with Crippen molar-refractivity contribution >= 4 is 42.4 Å². The van der Waals surface area contributed by atoms with Gasteiger partial charge in [0.15, 0.2) is 5.85 Å².